The van der Waals surface area contributed by atoms with Gasteiger partial charge in [-0.05, 0) is 0 Å². The summed E-state index contributed by atoms with van der Waals surface area (Å²) in [5, 5.41) is 38.2. The van der Waals surface area contributed by atoms with Crippen LogP contribution in [0.5, 0.6) is 5.88 Å². The average molecular weight is 654 g/mol. The Morgan fingerprint density at radius 1 is 0.844 bits per heavy atom. The molecule has 45 heavy (non-hydrogen) atoms. The van der Waals surface area contributed by atoms with E-state index in [4.69, 9.17) is 29.1 Å². The summed E-state index contributed by atoms with van der Waals surface area (Å²) in [5.41, 5.74) is 0.663. The summed E-state index contributed by atoms with van der Waals surface area (Å²) in [6.45, 7) is -0.415. The Balaban J connectivity index is 0.000000151. The van der Waals surface area contributed by atoms with E-state index in [2.05, 4.69) is 54.8 Å². The molecule has 0 aromatic carbocycles. The first-order valence-electron chi connectivity index (χ1n) is 12.1. The fourth-order valence-corrected chi connectivity index (χ4v) is 3.78. The van der Waals surface area contributed by atoms with Gasteiger partial charge in [-0.2, -0.15) is 4.98 Å². The SMILES string of the molecule is O=P(O)(O)O.O=c1[nH]c(=O)c2[nH]cnc2[nH]1.O=c1[nH]cnc2nc[nH]c12.OC[C@H]1O[C@@H](n2cnc3c(O)ncnc32)[C@H](O)[C@@H]1O. The molecule has 0 unspecified atom stereocenters. The minimum Gasteiger partial charge on any atom is -0.492 e. The fraction of sp³-hybridized carbons (Fsp3) is 0.250. The Morgan fingerprint density at radius 3 is 2.13 bits per heavy atom. The number of rotatable bonds is 2. The first kappa shape index (κ1) is 32.7. The molecule has 4 atom stereocenters. The summed E-state index contributed by atoms with van der Waals surface area (Å²) in [5.74, 6) is -0.282. The van der Waals surface area contributed by atoms with Crippen molar-refractivity contribution in [3.8, 4) is 5.88 Å². The molecule has 7 heterocycles. The number of ether oxygens (including phenoxy) is 1. The molecule has 0 amide bonds. The molecule has 1 saturated heterocycles. The lowest BCUT2D eigenvalue weighted by atomic mass is 10.1. The second-order valence-electron chi connectivity index (χ2n) is 8.63. The lowest BCUT2D eigenvalue weighted by molar-refractivity contribution is -0.0511. The predicted molar refractivity (Wildman–Crippen MR) is 146 cm³/mol. The first-order chi connectivity index (χ1) is 21.3. The molecule has 25 heteroatoms. The molecule has 0 bridgehead atoms. The molecular formula is C20H23N12O12P. The van der Waals surface area contributed by atoms with Crippen molar-refractivity contribution >= 4 is 41.3 Å². The second kappa shape index (κ2) is 13.6. The van der Waals surface area contributed by atoms with Crippen molar-refractivity contribution in [2.45, 2.75) is 24.5 Å². The molecule has 12 N–H and O–H groups in total. The van der Waals surface area contributed by atoms with Gasteiger partial charge >= 0.3 is 13.5 Å². The van der Waals surface area contributed by atoms with Crippen LogP contribution in [-0.2, 0) is 9.30 Å². The number of hydrogen-bond donors (Lipinski definition) is 12. The van der Waals surface area contributed by atoms with Crippen molar-refractivity contribution in [3.63, 3.8) is 0 Å². The maximum atomic E-state index is 10.9. The summed E-state index contributed by atoms with van der Waals surface area (Å²) >= 11 is 0. The molecule has 0 spiro atoms. The van der Waals surface area contributed by atoms with E-state index in [0.717, 1.165) is 6.33 Å². The number of aromatic nitrogens is 12. The number of aromatic amines is 5. The van der Waals surface area contributed by atoms with Crippen LogP contribution in [0, 0.1) is 0 Å². The number of fused-ring (bicyclic) bond motifs is 3. The number of aliphatic hydroxyl groups is 3. The number of nitrogens with one attached hydrogen (secondary N) is 5. The Morgan fingerprint density at radius 2 is 1.49 bits per heavy atom. The third kappa shape index (κ3) is 7.85. The zero-order valence-corrected chi connectivity index (χ0v) is 23.0. The van der Waals surface area contributed by atoms with Crippen LogP contribution >= 0.6 is 7.82 Å². The zero-order valence-electron chi connectivity index (χ0n) is 22.2. The van der Waals surface area contributed by atoms with E-state index in [0.29, 0.717) is 11.2 Å². The molecule has 0 saturated carbocycles. The van der Waals surface area contributed by atoms with Crippen LogP contribution in [-0.4, -0.2) is 119 Å². The molecule has 24 nitrogen and oxygen atoms in total. The van der Waals surface area contributed by atoms with Crippen LogP contribution in [0.3, 0.4) is 0 Å². The van der Waals surface area contributed by atoms with Gasteiger partial charge in [0.1, 0.15) is 30.2 Å². The van der Waals surface area contributed by atoms with Crippen molar-refractivity contribution in [2.75, 3.05) is 6.61 Å². The third-order valence-electron chi connectivity index (χ3n) is 5.69. The highest BCUT2D eigenvalue weighted by atomic mass is 31.2. The molecule has 6 aromatic heterocycles. The number of phosphoric acid groups is 1. The van der Waals surface area contributed by atoms with Gasteiger partial charge in [0, 0.05) is 0 Å². The largest absolute Gasteiger partial charge is 0.492 e. The van der Waals surface area contributed by atoms with E-state index in [1.165, 1.54) is 29.9 Å². The van der Waals surface area contributed by atoms with E-state index < -0.39 is 50.2 Å². The van der Waals surface area contributed by atoms with Crippen LogP contribution < -0.4 is 16.8 Å². The second-order valence-corrected chi connectivity index (χ2v) is 9.66. The van der Waals surface area contributed by atoms with Crippen LogP contribution in [0.1, 0.15) is 6.23 Å². The Hall–Kier alpha value is -5.20. The fourth-order valence-electron chi connectivity index (χ4n) is 3.78. The van der Waals surface area contributed by atoms with Crippen LogP contribution in [0.25, 0.3) is 33.5 Å². The average Bonchev–Trinajstić information content (AvgIpc) is 3.77. The van der Waals surface area contributed by atoms with Gasteiger partial charge in [0.25, 0.3) is 11.1 Å². The maximum Gasteiger partial charge on any atom is 0.466 e. The van der Waals surface area contributed by atoms with Crippen molar-refractivity contribution in [3.05, 3.63) is 62.8 Å². The standard InChI is InChI=1S/C10H12N4O5.C5H4N4O2.C5H4N4O.H3O4P/c15-1-4-6(16)7(17)10(19-4)14-3-13-5-8(14)11-2-12-9(5)18;10-4-2-3(7-1-6-2)8-5(11)9-4;10-5-3-4(7-1-6-3)8-2-9-5;1-5(2,3)4/h2-4,6-7,10,15-17H,1H2,(H,11,12,18);1H,(H3,6,7,8,9,10,11);1-2H,(H2,6,7,8,9,10);(H3,1,2,3,4)/t4-,6-,7-,10-;;;/m1.../s1. The lowest BCUT2D eigenvalue weighted by Gasteiger charge is -2.16. The number of imidazole rings is 3. The van der Waals surface area contributed by atoms with E-state index in [1.54, 1.807) is 0 Å². The molecule has 240 valence electrons. The minimum absolute atomic E-state index is 0.167. The van der Waals surface area contributed by atoms with Crippen molar-refractivity contribution in [2.24, 2.45) is 0 Å². The third-order valence-corrected chi connectivity index (χ3v) is 5.69. The Kier molecular flexibility index (Phi) is 9.90. The highest BCUT2D eigenvalue weighted by Gasteiger charge is 2.44. The molecule has 7 rings (SSSR count). The van der Waals surface area contributed by atoms with Crippen molar-refractivity contribution < 1.29 is 44.4 Å². The van der Waals surface area contributed by atoms with Crippen LogP contribution in [0.15, 0.2) is 46.0 Å². The monoisotopic (exact) mass is 654 g/mol. The zero-order chi connectivity index (χ0) is 32.9. The van der Waals surface area contributed by atoms with Gasteiger partial charge in [-0.15, -0.1) is 0 Å². The van der Waals surface area contributed by atoms with Gasteiger partial charge in [0.05, 0.1) is 31.9 Å². The van der Waals surface area contributed by atoms with Gasteiger partial charge in [0.15, 0.2) is 34.2 Å². The molecule has 0 radical (unpaired) electrons. The van der Waals surface area contributed by atoms with E-state index in [9.17, 15) is 29.7 Å². The normalized spacial score (nSPS) is 19.3. The molecule has 0 aliphatic carbocycles. The Labute approximate surface area is 245 Å². The number of hydrogen-bond acceptors (Lipinski definition) is 15. The van der Waals surface area contributed by atoms with Gasteiger partial charge in [-0.1, -0.05) is 0 Å². The number of H-pyrrole nitrogens is 5. The quantitative estimate of drug-likeness (QED) is 0.0787. The number of nitrogens with zero attached hydrogens (tertiary/aromatic N) is 7. The molecule has 1 aliphatic heterocycles. The lowest BCUT2D eigenvalue weighted by Crippen LogP contribution is -2.33. The van der Waals surface area contributed by atoms with Crippen molar-refractivity contribution in [1.82, 2.24) is 59.4 Å². The number of aromatic hydroxyl groups is 1. The predicted octanol–water partition coefficient (Wildman–Crippen LogP) is -4.20. The topological polar surface area (TPSA) is 380 Å². The highest BCUT2D eigenvalue weighted by molar-refractivity contribution is 7.45. The minimum atomic E-state index is -4.64. The van der Waals surface area contributed by atoms with Gasteiger partial charge < -0.3 is 54.8 Å². The van der Waals surface area contributed by atoms with Gasteiger partial charge in [0.2, 0.25) is 5.88 Å². The summed E-state index contributed by atoms with van der Waals surface area (Å²) in [7, 11) is -4.64. The van der Waals surface area contributed by atoms with Crippen molar-refractivity contribution in [1.29, 1.82) is 0 Å². The summed E-state index contributed by atoms with van der Waals surface area (Å²) in [4.78, 5) is 88.9. The summed E-state index contributed by atoms with van der Waals surface area (Å²) < 4.78 is 15.6. The van der Waals surface area contributed by atoms with E-state index in [1.807, 2.05) is 0 Å². The van der Waals surface area contributed by atoms with E-state index in [-0.39, 0.29) is 33.8 Å². The van der Waals surface area contributed by atoms with Gasteiger partial charge in [-0.25, -0.2) is 34.3 Å². The molecular weight excluding hydrogens is 631 g/mol. The molecule has 1 aliphatic rings. The molecule has 1 fully saturated rings. The van der Waals surface area contributed by atoms with Crippen LogP contribution in [0.4, 0.5) is 0 Å². The smallest absolute Gasteiger partial charge is 0.466 e. The summed E-state index contributed by atoms with van der Waals surface area (Å²) in [6, 6.07) is 0. The van der Waals surface area contributed by atoms with E-state index >= 15 is 0 Å². The summed E-state index contributed by atoms with van der Waals surface area (Å²) in [6.07, 6.45) is 2.32. The Bertz CT molecular complexity index is 2100. The molecule has 6 aromatic rings. The maximum absolute atomic E-state index is 10.9. The first-order valence-corrected chi connectivity index (χ1v) is 13.6. The van der Waals surface area contributed by atoms with Gasteiger partial charge in [-0.3, -0.25) is 24.1 Å². The highest BCUT2D eigenvalue weighted by Crippen LogP contribution is 2.32. The van der Waals surface area contributed by atoms with Crippen LogP contribution in [0.2, 0.25) is 0 Å². The number of aliphatic hydroxyl groups excluding tert-OH is 3.